The Labute approximate surface area is 95.9 Å². The van der Waals surface area contributed by atoms with E-state index in [1.165, 1.54) is 18.3 Å². The second kappa shape index (κ2) is 4.29. The normalized spacial score (nSPS) is 10.2. The van der Waals surface area contributed by atoms with Gasteiger partial charge in [0.25, 0.3) is 0 Å². The number of halogens is 2. The Balaban J connectivity index is 2.59. The highest BCUT2D eigenvalue weighted by Crippen LogP contribution is 2.27. The SMILES string of the molecule is Nc1ccc(F)c(-c2ccc(C=O)cn2)c1F. The van der Waals surface area contributed by atoms with Gasteiger partial charge in [0.2, 0.25) is 0 Å². The Morgan fingerprint density at radius 2 is 1.94 bits per heavy atom. The fraction of sp³-hybridized carbons (Fsp3) is 0. The van der Waals surface area contributed by atoms with Crippen LogP contribution in [-0.4, -0.2) is 11.3 Å². The molecule has 0 spiro atoms. The first-order chi connectivity index (χ1) is 8.13. The molecule has 1 aromatic heterocycles. The molecule has 0 radical (unpaired) electrons. The van der Waals surface area contributed by atoms with Crippen LogP contribution in [0.5, 0.6) is 0 Å². The van der Waals surface area contributed by atoms with E-state index in [9.17, 15) is 13.6 Å². The number of benzene rings is 1. The fourth-order valence-corrected chi connectivity index (χ4v) is 1.43. The minimum Gasteiger partial charge on any atom is -0.396 e. The number of nitrogens with zero attached hydrogens (tertiary/aromatic N) is 1. The number of pyridine rings is 1. The summed E-state index contributed by atoms with van der Waals surface area (Å²) >= 11 is 0. The van der Waals surface area contributed by atoms with Crippen molar-refractivity contribution in [2.75, 3.05) is 5.73 Å². The number of hydrogen-bond donors (Lipinski definition) is 1. The molecular formula is C12H8F2N2O. The number of carbonyl (C=O) groups excluding carboxylic acids is 1. The van der Waals surface area contributed by atoms with Crippen molar-refractivity contribution >= 4 is 12.0 Å². The summed E-state index contributed by atoms with van der Waals surface area (Å²) < 4.78 is 27.1. The number of aldehydes is 1. The summed E-state index contributed by atoms with van der Waals surface area (Å²) in [6.45, 7) is 0. The minimum atomic E-state index is -0.851. The summed E-state index contributed by atoms with van der Waals surface area (Å²) in [5, 5.41) is 0. The zero-order valence-corrected chi connectivity index (χ0v) is 8.65. The molecule has 0 saturated heterocycles. The molecule has 1 aromatic carbocycles. The number of nitrogens with two attached hydrogens (primary N) is 1. The van der Waals surface area contributed by atoms with Crippen LogP contribution in [-0.2, 0) is 0 Å². The van der Waals surface area contributed by atoms with Gasteiger partial charge in [0.15, 0.2) is 12.1 Å². The summed E-state index contributed by atoms with van der Waals surface area (Å²) in [5.74, 6) is -1.60. The molecule has 0 bridgehead atoms. The number of anilines is 1. The van der Waals surface area contributed by atoms with Crippen LogP contribution in [0.1, 0.15) is 10.4 Å². The van der Waals surface area contributed by atoms with E-state index in [2.05, 4.69) is 4.98 Å². The van der Waals surface area contributed by atoms with Crippen LogP contribution in [0.2, 0.25) is 0 Å². The highest BCUT2D eigenvalue weighted by Gasteiger charge is 2.14. The van der Waals surface area contributed by atoms with Crippen LogP contribution >= 0.6 is 0 Å². The van der Waals surface area contributed by atoms with Gasteiger partial charge in [0.1, 0.15) is 5.82 Å². The molecule has 17 heavy (non-hydrogen) atoms. The average Bonchev–Trinajstić information content (AvgIpc) is 2.35. The number of carbonyl (C=O) groups is 1. The Morgan fingerprint density at radius 3 is 2.53 bits per heavy atom. The second-order valence-electron chi connectivity index (χ2n) is 3.42. The molecule has 86 valence electrons. The minimum absolute atomic E-state index is 0.0953. The van der Waals surface area contributed by atoms with E-state index in [0.717, 1.165) is 12.1 Å². The Kier molecular flexibility index (Phi) is 2.82. The van der Waals surface area contributed by atoms with E-state index in [1.807, 2.05) is 0 Å². The van der Waals surface area contributed by atoms with Gasteiger partial charge < -0.3 is 5.73 Å². The lowest BCUT2D eigenvalue weighted by atomic mass is 10.1. The molecule has 0 aliphatic rings. The Hall–Kier alpha value is -2.30. The number of rotatable bonds is 2. The van der Waals surface area contributed by atoms with Gasteiger partial charge in [-0.1, -0.05) is 0 Å². The van der Waals surface area contributed by atoms with E-state index >= 15 is 0 Å². The predicted octanol–water partition coefficient (Wildman–Crippen LogP) is 2.42. The molecule has 2 aromatic rings. The van der Waals surface area contributed by atoms with E-state index in [1.54, 1.807) is 0 Å². The predicted molar refractivity (Wildman–Crippen MR) is 59.4 cm³/mol. The lowest BCUT2D eigenvalue weighted by Gasteiger charge is -2.06. The van der Waals surface area contributed by atoms with Gasteiger partial charge in [0, 0.05) is 11.8 Å². The van der Waals surface area contributed by atoms with Crippen molar-refractivity contribution in [3.63, 3.8) is 0 Å². The maximum Gasteiger partial charge on any atom is 0.158 e. The van der Waals surface area contributed by atoms with E-state index in [0.29, 0.717) is 11.8 Å². The lowest BCUT2D eigenvalue weighted by molar-refractivity contribution is 0.112. The van der Waals surface area contributed by atoms with Crippen molar-refractivity contribution in [2.45, 2.75) is 0 Å². The molecule has 0 aliphatic heterocycles. The van der Waals surface area contributed by atoms with Gasteiger partial charge in [-0.25, -0.2) is 8.78 Å². The highest BCUT2D eigenvalue weighted by molar-refractivity contribution is 5.75. The third-order valence-electron chi connectivity index (χ3n) is 2.30. The molecule has 0 unspecified atom stereocenters. The maximum absolute atomic E-state index is 13.7. The standard InChI is InChI=1S/C12H8F2N2O/c13-8-2-3-9(15)12(14)11(8)10-4-1-7(6-17)5-16-10/h1-6H,15H2. The van der Waals surface area contributed by atoms with Crippen molar-refractivity contribution in [1.82, 2.24) is 4.98 Å². The summed E-state index contributed by atoms with van der Waals surface area (Å²) in [6.07, 6.45) is 1.84. The molecule has 5 heteroatoms. The van der Waals surface area contributed by atoms with Crippen LogP contribution < -0.4 is 5.73 Å². The summed E-state index contributed by atoms with van der Waals surface area (Å²) in [6, 6.07) is 5.01. The van der Waals surface area contributed by atoms with Gasteiger partial charge in [-0.2, -0.15) is 0 Å². The van der Waals surface area contributed by atoms with Gasteiger partial charge in [-0.3, -0.25) is 9.78 Å². The molecule has 0 fully saturated rings. The van der Waals surface area contributed by atoms with Crippen LogP contribution in [0.4, 0.5) is 14.5 Å². The van der Waals surface area contributed by atoms with Crippen molar-refractivity contribution in [3.05, 3.63) is 47.7 Å². The molecule has 1 heterocycles. The van der Waals surface area contributed by atoms with E-state index in [4.69, 9.17) is 5.73 Å². The van der Waals surface area contributed by atoms with Gasteiger partial charge in [0.05, 0.1) is 16.9 Å². The summed E-state index contributed by atoms with van der Waals surface area (Å²) in [5.41, 5.74) is 5.34. The van der Waals surface area contributed by atoms with Crippen LogP contribution in [0.3, 0.4) is 0 Å². The molecule has 0 amide bonds. The van der Waals surface area contributed by atoms with Crippen LogP contribution in [0.15, 0.2) is 30.5 Å². The largest absolute Gasteiger partial charge is 0.396 e. The van der Waals surface area contributed by atoms with Crippen molar-refractivity contribution in [1.29, 1.82) is 0 Å². The van der Waals surface area contributed by atoms with Crippen molar-refractivity contribution < 1.29 is 13.6 Å². The first kappa shape index (κ1) is 11.2. The van der Waals surface area contributed by atoms with Crippen LogP contribution in [0, 0.1) is 11.6 Å². The third-order valence-corrected chi connectivity index (χ3v) is 2.30. The Bertz CT molecular complexity index is 567. The molecule has 2 N–H and O–H groups in total. The van der Waals surface area contributed by atoms with Crippen LogP contribution in [0.25, 0.3) is 11.3 Å². The zero-order valence-electron chi connectivity index (χ0n) is 8.65. The average molecular weight is 234 g/mol. The molecular weight excluding hydrogens is 226 g/mol. The van der Waals surface area contributed by atoms with Crippen molar-refractivity contribution in [2.24, 2.45) is 0 Å². The lowest BCUT2D eigenvalue weighted by Crippen LogP contribution is -1.98. The van der Waals surface area contributed by atoms with Gasteiger partial charge in [-0.15, -0.1) is 0 Å². The van der Waals surface area contributed by atoms with E-state index < -0.39 is 11.6 Å². The number of hydrogen-bond acceptors (Lipinski definition) is 3. The van der Waals surface area contributed by atoms with Gasteiger partial charge >= 0.3 is 0 Å². The molecule has 0 aliphatic carbocycles. The number of aromatic nitrogens is 1. The van der Waals surface area contributed by atoms with Crippen molar-refractivity contribution in [3.8, 4) is 11.3 Å². The third kappa shape index (κ3) is 1.99. The Morgan fingerprint density at radius 1 is 1.18 bits per heavy atom. The van der Waals surface area contributed by atoms with E-state index in [-0.39, 0.29) is 16.9 Å². The first-order valence-electron chi connectivity index (χ1n) is 4.78. The first-order valence-corrected chi connectivity index (χ1v) is 4.78. The molecule has 2 rings (SSSR count). The zero-order chi connectivity index (χ0) is 12.4. The topological polar surface area (TPSA) is 56.0 Å². The number of nitrogen functional groups attached to an aromatic ring is 1. The fourth-order valence-electron chi connectivity index (χ4n) is 1.43. The van der Waals surface area contributed by atoms with Gasteiger partial charge in [-0.05, 0) is 24.3 Å². The maximum atomic E-state index is 13.7. The smallest absolute Gasteiger partial charge is 0.158 e. The second-order valence-corrected chi connectivity index (χ2v) is 3.42. The quantitative estimate of drug-likeness (QED) is 0.641. The molecule has 0 saturated carbocycles. The summed E-state index contributed by atoms with van der Waals surface area (Å²) in [7, 11) is 0. The molecule has 0 atom stereocenters. The highest BCUT2D eigenvalue weighted by atomic mass is 19.1. The summed E-state index contributed by atoms with van der Waals surface area (Å²) in [4.78, 5) is 14.2. The monoisotopic (exact) mass is 234 g/mol. The molecule has 3 nitrogen and oxygen atoms in total.